The number of carbonyl (C=O) groups excluding carboxylic acids is 1. The minimum absolute atomic E-state index is 0.237. The molecule has 74 valence electrons. The third-order valence-electron chi connectivity index (χ3n) is 1.98. The van der Waals surface area contributed by atoms with Crippen LogP contribution in [0.15, 0.2) is 10.5 Å². The highest BCUT2D eigenvalue weighted by Crippen LogP contribution is 2.44. The summed E-state index contributed by atoms with van der Waals surface area (Å²) in [6.07, 6.45) is -1.17. The Labute approximate surface area is 98.1 Å². The summed E-state index contributed by atoms with van der Waals surface area (Å²) in [5.74, 6) is -0.490. The van der Waals surface area contributed by atoms with E-state index >= 15 is 0 Å². The first-order valence-electron chi connectivity index (χ1n) is 3.68. The molecule has 0 spiro atoms. The average molecular weight is 297 g/mol. The molecule has 0 fully saturated rings. The van der Waals surface area contributed by atoms with Gasteiger partial charge in [0.1, 0.15) is 0 Å². The van der Waals surface area contributed by atoms with Gasteiger partial charge in [-0.2, -0.15) is 0 Å². The fourth-order valence-corrected chi connectivity index (χ4v) is 2.26. The monoisotopic (exact) mass is 295 g/mol. The van der Waals surface area contributed by atoms with Crippen molar-refractivity contribution >= 4 is 50.7 Å². The lowest BCUT2D eigenvalue weighted by Gasteiger charge is -2.06. The van der Waals surface area contributed by atoms with Crippen molar-refractivity contribution in [2.75, 3.05) is 5.32 Å². The number of nitrogens with one attached hydrogen (secondary N) is 1. The van der Waals surface area contributed by atoms with Gasteiger partial charge in [-0.3, -0.25) is 4.79 Å². The molecule has 1 unspecified atom stereocenters. The number of aliphatic hydroxyl groups excluding tert-OH is 1. The summed E-state index contributed by atoms with van der Waals surface area (Å²) >= 11 is 14.9. The van der Waals surface area contributed by atoms with E-state index in [2.05, 4.69) is 21.2 Å². The molecule has 1 aromatic rings. The maximum Gasteiger partial charge on any atom is 0.257 e. The zero-order valence-corrected chi connectivity index (χ0v) is 9.74. The molecule has 14 heavy (non-hydrogen) atoms. The number of amides is 1. The molecule has 0 radical (unpaired) electrons. The Hall–Kier alpha value is -0.290. The van der Waals surface area contributed by atoms with Gasteiger partial charge in [-0.1, -0.05) is 23.2 Å². The van der Waals surface area contributed by atoms with Gasteiger partial charge in [-0.25, -0.2) is 0 Å². The minimum atomic E-state index is -1.17. The molecule has 1 amide bonds. The molecule has 0 bridgehead atoms. The molecule has 1 aliphatic heterocycles. The van der Waals surface area contributed by atoms with E-state index in [0.29, 0.717) is 20.7 Å². The van der Waals surface area contributed by atoms with Gasteiger partial charge < -0.3 is 10.4 Å². The Morgan fingerprint density at radius 3 is 2.71 bits per heavy atom. The quantitative estimate of drug-likeness (QED) is 0.723. The van der Waals surface area contributed by atoms with E-state index in [1.165, 1.54) is 0 Å². The van der Waals surface area contributed by atoms with Crippen molar-refractivity contribution in [2.45, 2.75) is 6.10 Å². The SMILES string of the molecule is O=C1Nc2c(cc(Br)c(Cl)c2Cl)C1O. The van der Waals surface area contributed by atoms with Crippen molar-refractivity contribution < 1.29 is 9.90 Å². The molecule has 0 saturated heterocycles. The van der Waals surface area contributed by atoms with Gasteiger partial charge in [0.25, 0.3) is 5.91 Å². The second-order valence-corrected chi connectivity index (χ2v) is 4.45. The summed E-state index contributed by atoms with van der Waals surface area (Å²) in [5.41, 5.74) is 0.827. The molecule has 1 heterocycles. The van der Waals surface area contributed by atoms with Crippen LogP contribution in [0.2, 0.25) is 10.0 Å². The molecule has 2 rings (SSSR count). The van der Waals surface area contributed by atoms with E-state index in [1.807, 2.05) is 0 Å². The van der Waals surface area contributed by atoms with Crippen molar-refractivity contribution in [3.63, 3.8) is 0 Å². The summed E-state index contributed by atoms with van der Waals surface area (Å²) in [6.45, 7) is 0. The molecule has 3 nitrogen and oxygen atoms in total. The molecule has 6 heteroatoms. The third kappa shape index (κ3) is 1.34. The summed E-state index contributed by atoms with van der Waals surface area (Å²) in [4.78, 5) is 11.1. The number of hydrogen-bond acceptors (Lipinski definition) is 2. The van der Waals surface area contributed by atoms with Crippen LogP contribution in [0.5, 0.6) is 0 Å². The second-order valence-electron chi connectivity index (χ2n) is 2.84. The first-order chi connectivity index (χ1) is 6.52. The van der Waals surface area contributed by atoms with Gasteiger partial charge in [-0.05, 0) is 22.0 Å². The van der Waals surface area contributed by atoms with Gasteiger partial charge in [-0.15, -0.1) is 0 Å². The molecular weight excluding hydrogens is 293 g/mol. The molecular formula is C8H4BrCl2NO2. The number of halogens is 3. The summed E-state index contributed by atoms with van der Waals surface area (Å²) in [6, 6.07) is 1.58. The van der Waals surface area contributed by atoms with E-state index in [0.717, 1.165) is 0 Å². The van der Waals surface area contributed by atoms with E-state index in [1.54, 1.807) is 6.07 Å². The van der Waals surface area contributed by atoms with Gasteiger partial charge in [0.05, 0.1) is 15.7 Å². The van der Waals surface area contributed by atoms with Crippen LogP contribution in [0.4, 0.5) is 5.69 Å². The Morgan fingerprint density at radius 2 is 2.07 bits per heavy atom. The Morgan fingerprint density at radius 1 is 1.43 bits per heavy atom. The molecule has 0 saturated carbocycles. The fourth-order valence-electron chi connectivity index (χ4n) is 1.29. The minimum Gasteiger partial charge on any atom is -0.378 e. The number of aliphatic hydroxyl groups is 1. The van der Waals surface area contributed by atoms with Crippen molar-refractivity contribution in [3.05, 3.63) is 26.1 Å². The highest BCUT2D eigenvalue weighted by atomic mass is 79.9. The number of fused-ring (bicyclic) bond motifs is 1. The summed E-state index contributed by atoms with van der Waals surface area (Å²) in [7, 11) is 0. The Bertz CT molecular complexity index is 436. The highest BCUT2D eigenvalue weighted by Gasteiger charge is 2.31. The topological polar surface area (TPSA) is 49.3 Å². The molecule has 0 aliphatic carbocycles. The largest absolute Gasteiger partial charge is 0.378 e. The molecule has 1 aromatic carbocycles. The van der Waals surface area contributed by atoms with Crippen LogP contribution in [0.25, 0.3) is 0 Å². The van der Waals surface area contributed by atoms with Gasteiger partial charge in [0, 0.05) is 10.0 Å². The van der Waals surface area contributed by atoms with Gasteiger partial charge >= 0.3 is 0 Å². The van der Waals surface area contributed by atoms with Crippen LogP contribution in [0.1, 0.15) is 11.7 Å². The zero-order valence-electron chi connectivity index (χ0n) is 6.64. The number of hydrogen-bond donors (Lipinski definition) is 2. The zero-order chi connectivity index (χ0) is 10.5. The number of benzene rings is 1. The van der Waals surface area contributed by atoms with Gasteiger partial charge in [0.2, 0.25) is 0 Å². The van der Waals surface area contributed by atoms with E-state index in [9.17, 15) is 9.90 Å². The maximum absolute atomic E-state index is 11.1. The highest BCUT2D eigenvalue weighted by molar-refractivity contribution is 9.10. The van der Waals surface area contributed by atoms with Crippen molar-refractivity contribution in [3.8, 4) is 0 Å². The summed E-state index contributed by atoms with van der Waals surface area (Å²) < 4.78 is 0.554. The predicted molar refractivity (Wildman–Crippen MR) is 57.8 cm³/mol. The standard InChI is InChI=1S/C8H4BrCl2NO2/c9-3-1-2-6(5(11)4(3)10)12-8(14)7(2)13/h1,7,13H,(H,12,14). The molecule has 1 aliphatic rings. The lowest BCUT2D eigenvalue weighted by atomic mass is 10.1. The number of carbonyl (C=O) groups is 1. The van der Waals surface area contributed by atoms with E-state index in [4.69, 9.17) is 23.2 Å². The van der Waals surface area contributed by atoms with Crippen LogP contribution in [-0.2, 0) is 4.79 Å². The molecule has 1 atom stereocenters. The average Bonchev–Trinajstić information content (AvgIpc) is 2.42. The van der Waals surface area contributed by atoms with E-state index in [-0.39, 0.29) is 5.02 Å². The van der Waals surface area contributed by atoms with Crippen LogP contribution >= 0.6 is 39.1 Å². The lowest BCUT2D eigenvalue weighted by Crippen LogP contribution is -2.10. The first kappa shape index (κ1) is 10.2. The third-order valence-corrected chi connectivity index (χ3v) is 3.70. The van der Waals surface area contributed by atoms with Crippen LogP contribution < -0.4 is 5.32 Å². The van der Waals surface area contributed by atoms with Crippen LogP contribution in [0, 0.1) is 0 Å². The van der Waals surface area contributed by atoms with Gasteiger partial charge in [0.15, 0.2) is 6.10 Å². The Balaban J connectivity index is 2.70. The first-order valence-corrected chi connectivity index (χ1v) is 5.23. The fraction of sp³-hybridized carbons (Fsp3) is 0.125. The normalized spacial score (nSPS) is 19.4. The van der Waals surface area contributed by atoms with Crippen LogP contribution in [0.3, 0.4) is 0 Å². The van der Waals surface area contributed by atoms with E-state index < -0.39 is 12.0 Å². The maximum atomic E-state index is 11.1. The van der Waals surface area contributed by atoms with Crippen molar-refractivity contribution in [1.82, 2.24) is 0 Å². The smallest absolute Gasteiger partial charge is 0.257 e. The van der Waals surface area contributed by atoms with Crippen molar-refractivity contribution in [2.24, 2.45) is 0 Å². The molecule has 0 aromatic heterocycles. The Kier molecular flexibility index (Phi) is 2.47. The predicted octanol–water partition coefficient (Wildman–Crippen LogP) is 2.74. The number of anilines is 1. The van der Waals surface area contributed by atoms with Crippen molar-refractivity contribution in [1.29, 1.82) is 0 Å². The number of rotatable bonds is 0. The second kappa shape index (κ2) is 3.38. The summed E-state index contributed by atoms with van der Waals surface area (Å²) in [5, 5.41) is 12.5. The lowest BCUT2D eigenvalue weighted by molar-refractivity contribution is -0.123. The van der Waals surface area contributed by atoms with Crippen LogP contribution in [-0.4, -0.2) is 11.0 Å². The molecule has 2 N–H and O–H groups in total.